The third-order valence-corrected chi connectivity index (χ3v) is 6.39. The van der Waals surface area contributed by atoms with Gasteiger partial charge in [-0.15, -0.1) is 0 Å². The third-order valence-electron chi connectivity index (χ3n) is 6.39. The molecule has 0 radical (unpaired) electrons. The van der Waals surface area contributed by atoms with Crippen LogP contribution in [0.5, 0.6) is 0 Å². The number of likely N-dealkylation sites (tertiary alicyclic amines) is 1. The summed E-state index contributed by atoms with van der Waals surface area (Å²) in [6, 6.07) is 7.37. The summed E-state index contributed by atoms with van der Waals surface area (Å²) in [7, 11) is 3.09. The minimum absolute atomic E-state index is 0.125. The molecular formula is C26H35FN6O3. The number of hydrogen-bond acceptors (Lipinski definition) is 5. The molecule has 2 aromatic rings. The second-order valence-corrected chi connectivity index (χ2v) is 9.64. The van der Waals surface area contributed by atoms with E-state index < -0.39 is 36.1 Å². The molecule has 194 valence electrons. The van der Waals surface area contributed by atoms with Crippen molar-refractivity contribution >= 4 is 23.7 Å². The molecule has 0 aliphatic carbocycles. The zero-order valence-electron chi connectivity index (χ0n) is 21.4. The van der Waals surface area contributed by atoms with Crippen molar-refractivity contribution < 1.29 is 18.8 Å². The Morgan fingerprint density at radius 2 is 1.94 bits per heavy atom. The van der Waals surface area contributed by atoms with E-state index in [-0.39, 0.29) is 25.3 Å². The number of pyridine rings is 1. The highest BCUT2D eigenvalue weighted by atomic mass is 19.1. The zero-order valence-corrected chi connectivity index (χ0v) is 21.4. The molecular weight excluding hydrogens is 463 g/mol. The van der Waals surface area contributed by atoms with Gasteiger partial charge < -0.3 is 26.2 Å². The second kappa shape index (κ2) is 11.4. The molecule has 3 atom stereocenters. The van der Waals surface area contributed by atoms with Gasteiger partial charge in [0, 0.05) is 32.3 Å². The van der Waals surface area contributed by atoms with Gasteiger partial charge in [-0.1, -0.05) is 38.1 Å². The van der Waals surface area contributed by atoms with Crippen LogP contribution in [-0.2, 0) is 9.59 Å². The summed E-state index contributed by atoms with van der Waals surface area (Å²) in [5, 5.41) is 5.45. The number of urea groups is 1. The number of nitrogen functional groups attached to an aromatic ring is 1. The van der Waals surface area contributed by atoms with Gasteiger partial charge in [0.2, 0.25) is 11.8 Å². The minimum atomic E-state index is -1.34. The summed E-state index contributed by atoms with van der Waals surface area (Å²) in [4.78, 5) is 44.7. The Kier molecular flexibility index (Phi) is 8.49. The van der Waals surface area contributed by atoms with Gasteiger partial charge in [0.15, 0.2) is 0 Å². The van der Waals surface area contributed by atoms with Gasteiger partial charge in [-0.05, 0) is 35.6 Å². The van der Waals surface area contributed by atoms with Crippen LogP contribution in [0.1, 0.15) is 54.5 Å². The maximum atomic E-state index is 14.4. The van der Waals surface area contributed by atoms with Gasteiger partial charge in [0.25, 0.3) is 0 Å². The highest BCUT2D eigenvalue weighted by Gasteiger charge is 2.40. The van der Waals surface area contributed by atoms with Gasteiger partial charge in [-0.3, -0.25) is 9.59 Å². The molecule has 1 aromatic carbocycles. The van der Waals surface area contributed by atoms with Crippen LogP contribution in [0, 0.1) is 6.92 Å². The highest BCUT2D eigenvalue weighted by molar-refractivity contribution is 5.91. The lowest BCUT2D eigenvalue weighted by Crippen LogP contribution is -2.50. The standard InChI is InChI=1S/C26H35FN6O3/c1-15(2)19-9-8-17(11-16(19)3)23(20-7-6-10-29-24(20)28)31-25(35)21-12-18(27)14-33(21)22(34)13-30-26(36)32(4)5/h6-11,15,18,21,23H,12-14H2,1-5H3,(H2,28,29)(H,30,36)(H,31,35). The average molecular weight is 499 g/mol. The SMILES string of the molecule is Cc1cc(C(NC(=O)C2CC(F)CN2C(=O)CNC(=O)N(C)C)c2cccnc2N)ccc1C(C)C. The molecule has 1 aliphatic rings. The number of hydrogen-bond donors (Lipinski definition) is 3. The highest BCUT2D eigenvalue weighted by Crippen LogP contribution is 2.30. The number of anilines is 1. The molecule has 4 amide bonds. The van der Waals surface area contributed by atoms with Crippen molar-refractivity contribution in [2.45, 2.75) is 51.4 Å². The second-order valence-electron chi connectivity index (χ2n) is 9.64. The van der Waals surface area contributed by atoms with Crippen LogP contribution in [0.4, 0.5) is 15.0 Å². The molecule has 0 spiro atoms. The molecule has 0 saturated carbocycles. The van der Waals surface area contributed by atoms with Crippen LogP contribution in [0.3, 0.4) is 0 Å². The lowest BCUT2D eigenvalue weighted by atomic mass is 9.91. The number of nitrogens with one attached hydrogen (secondary N) is 2. The predicted octanol–water partition coefficient (Wildman–Crippen LogP) is 2.51. The van der Waals surface area contributed by atoms with E-state index in [2.05, 4.69) is 29.5 Å². The van der Waals surface area contributed by atoms with Crippen LogP contribution in [0.25, 0.3) is 0 Å². The molecule has 1 saturated heterocycles. The molecule has 9 nitrogen and oxygen atoms in total. The number of benzene rings is 1. The first kappa shape index (κ1) is 26.9. The van der Waals surface area contributed by atoms with E-state index in [0.29, 0.717) is 11.5 Å². The summed E-state index contributed by atoms with van der Waals surface area (Å²) in [6.45, 7) is 5.69. The van der Waals surface area contributed by atoms with Gasteiger partial charge in [0.1, 0.15) is 18.0 Å². The fourth-order valence-electron chi connectivity index (χ4n) is 4.50. The summed E-state index contributed by atoms with van der Waals surface area (Å²) in [5.74, 6) is -0.424. The van der Waals surface area contributed by atoms with Crippen molar-refractivity contribution in [2.75, 3.05) is 32.9 Å². The number of aromatic nitrogens is 1. The number of carbonyl (C=O) groups is 3. The fraction of sp³-hybridized carbons (Fsp3) is 0.462. The molecule has 10 heteroatoms. The Morgan fingerprint density at radius 1 is 1.22 bits per heavy atom. The normalized spacial score (nSPS) is 18.1. The Labute approximate surface area is 211 Å². The Bertz CT molecular complexity index is 1120. The smallest absolute Gasteiger partial charge is 0.317 e. The molecule has 1 aliphatic heterocycles. The maximum Gasteiger partial charge on any atom is 0.317 e. The van der Waals surface area contributed by atoms with Crippen LogP contribution >= 0.6 is 0 Å². The quantitative estimate of drug-likeness (QED) is 0.542. The minimum Gasteiger partial charge on any atom is -0.383 e. The Hall–Kier alpha value is -3.69. The monoisotopic (exact) mass is 498 g/mol. The van der Waals surface area contributed by atoms with Gasteiger partial charge >= 0.3 is 6.03 Å². The van der Waals surface area contributed by atoms with E-state index in [9.17, 15) is 18.8 Å². The molecule has 2 heterocycles. The molecule has 4 N–H and O–H groups in total. The molecule has 0 bridgehead atoms. The Morgan fingerprint density at radius 3 is 2.56 bits per heavy atom. The summed E-state index contributed by atoms with van der Waals surface area (Å²) < 4.78 is 14.4. The van der Waals surface area contributed by atoms with Crippen molar-refractivity contribution in [1.82, 2.24) is 25.4 Å². The van der Waals surface area contributed by atoms with Crippen molar-refractivity contribution in [2.24, 2.45) is 0 Å². The Balaban J connectivity index is 1.87. The molecule has 3 rings (SSSR count). The summed E-state index contributed by atoms with van der Waals surface area (Å²) in [6.07, 6.45) is 0.0984. The van der Waals surface area contributed by atoms with Gasteiger partial charge in [0.05, 0.1) is 19.1 Å². The van der Waals surface area contributed by atoms with Crippen molar-refractivity contribution in [1.29, 1.82) is 0 Å². The number of rotatable bonds is 7. The van der Waals surface area contributed by atoms with E-state index in [1.807, 2.05) is 25.1 Å². The molecule has 1 fully saturated rings. The van der Waals surface area contributed by atoms with E-state index in [1.165, 1.54) is 15.4 Å². The third kappa shape index (κ3) is 6.10. The van der Waals surface area contributed by atoms with E-state index in [4.69, 9.17) is 5.73 Å². The number of aryl methyl sites for hydroxylation is 1. The lowest BCUT2D eigenvalue weighted by molar-refractivity contribution is -0.137. The van der Waals surface area contributed by atoms with Gasteiger partial charge in [-0.2, -0.15) is 0 Å². The van der Waals surface area contributed by atoms with Crippen LogP contribution in [0.2, 0.25) is 0 Å². The van der Waals surface area contributed by atoms with Crippen molar-refractivity contribution in [3.05, 3.63) is 58.8 Å². The predicted molar refractivity (Wildman–Crippen MR) is 136 cm³/mol. The first-order valence-corrected chi connectivity index (χ1v) is 12.0. The van der Waals surface area contributed by atoms with Crippen LogP contribution in [0.15, 0.2) is 36.5 Å². The fourth-order valence-corrected chi connectivity index (χ4v) is 4.50. The number of halogens is 1. The van der Waals surface area contributed by atoms with Crippen molar-refractivity contribution in [3.8, 4) is 0 Å². The van der Waals surface area contributed by atoms with Crippen LogP contribution < -0.4 is 16.4 Å². The van der Waals surface area contributed by atoms with Crippen LogP contribution in [-0.4, -0.2) is 72.0 Å². The maximum absolute atomic E-state index is 14.4. The first-order valence-electron chi connectivity index (χ1n) is 12.0. The van der Waals surface area contributed by atoms with Gasteiger partial charge in [-0.25, -0.2) is 14.2 Å². The molecule has 36 heavy (non-hydrogen) atoms. The number of nitrogens with two attached hydrogens (primary N) is 1. The van der Waals surface area contributed by atoms with Crippen molar-refractivity contribution in [3.63, 3.8) is 0 Å². The largest absolute Gasteiger partial charge is 0.383 e. The zero-order chi connectivity index (χ0) is 26.6. The van der Waals surface area contributed by atoms with E-state index >= 15 is 0 Å². The molecule has 1 aromatic heterocycles. The summed E-state index contributed by atoms with van der Waals surface area (Å²) >= 11 is 0. The number of amides is 4. The van der Waals surface area contributed by atoms with E-state index in [0.717, 1.165) is 11.1 Å². The lowest BCUT2D eigenvalue weighted by Gasteiger charge is -2.28. The molecule has 3 unspecified atom stereocenters. The summed E-state index contributed by atoms with van der Waals surface area (Å²) in [5.41, 5.74) is 9.83. The topological polar surface area (TPSA) is 121 Å². The number of alkyl halides is 1. The van der Waals surface area contributed by atoms with E-state index in [1.54, 1.807) is 32.4 Å². The first-order chi connectivity index (χ1) is 17.0. The number of carbonyl (C=O) groups excluding carboxylic acids is 3. The number of nitrogens with zero attached hydrogens (tertiary/aromatic N) is 3. The average Bonchev–Trinajstić information content (AvgIpc) is 3.22.